The zero-order chi connectivity index (χ0) is 17.3. The first-order valence-electron chi connectivity index (χ1n) is 7.52. The van der Waals surface area contributed by atoms with Gasteiger partial charge in [0.15, 0.2) is 9.84 Å². The Hall–Kier alpha value is -1.11. The highest BCUT2D eigenvalue weighted by Crippen LogP contribution is 2.24. The number of halogens is 1. The number of carbonyl (C=O) groups is 1. The van der Waals surface area contributed by atoms with E-state index in [1.807, 2.05) is 20.8 Å². The molecule has 1 amide bonds. The summed E-state index contributed by atoms with van der Waals surface area (Å²) in [6.07, 6.45) is -0.0955. The Morgan fingerprint density at radius 2 is 2.13 bits per heavy atom. The summed E-state index contributed by atoms with van der Waals surface area (Å²) < 4.78 is 30.3. The number of sulfone groups is 1. The molecule has 1 fully saturated rings. The summed E-state index contributed by atoms with van der Waals surface area (Å²) in [7, 11) is -3.53. The summed E-state index contributed by atoms with van der Waals surface area (Å²) >= 11 is 5.84. The third-order valence-corrected chi connectivity index (χ3v) is 5.88. The van der Waals surface area contributed by atoms with Crippen LogP contribution in [-0.4, -0.2) is 49.8 Å². The first kappa shape index (κ1) is 18.2. The highest BCUT2D eigenvalue weighted by Gasteiger charge is 2.36. The molecule has 2 rings (SSSR count). The number of carbonyl (C=O) groups excluding carboxylic acids is 1. The van der Waals surface area contributed by atoms with Crippen molar-refractivity contribution < 1.29 is 17.9 Å². The minimum Gasteiger partial charge on any atom is -0.374 e. The molecule has 0 spiro atoms. The van der Waals surface area contributed by atoms with Crippen LogP contribution in [0.4, 0.5) is 0 Å². The van der Waals surface area contributed by atoms with Gasteiger partial charge in [-0.3, -0.25) is 4.79 Å². The smallest absolute Gasteiger partial charge is 0.224 e. The third-order valence-electron chi connectivity index (χ3n) is 3.93. The fourth-order valence-electron chi connectivity index (χ4n) is 2.56. The zero-order valence-corrected chi connectivity index (χ0v) is 15.2. The van der Waals surface area contributed by atoms with Gasteiger partial charge in [0.25, 0.3) is 0 Å². The van der Waals surface area contributed by atoms with E-state index in [0.29, 0.717) is 18.2 Å². The minimum atomic E-state index is -3.53. The van der Waals surface area contributed by atoms with Crippen molar-refractivity contribution in [2.24, 2.45) is 0 Å². The largest absolute Gasteiger partial charge is 0.374 e. The van der Waals surface area contributed by atoms with Gasteiger partial charge in [-0.2, -0.15) is 0 Å². The molecule has 0 aliphatic carbocycles. The second-order valence-electron chi connectivity index (χ2n) is 6.46. The molecule has 1 heterocycles. The molecule has 0 saturated carbocycles. The van der Waals surface area contributed by atoms with Crippen LogP contribution in [-0.2, 0) is 19.4 Å². The van der Waals surface area contributed by atoms with E-state index in [9.17, 15) is 13.2 Å². The maximum Gasteiger partial charge on any atom is 0.224 e. The number of hydrogen-bond acceptors (Lipinski definition) is 4. The highest BCUT2D eigenvalue weighted by molar-refractivity contribution is 7.91. The molecule has 0 aromatic heterocycles. The second kappa shape index (κ2) is 6.79. The zero-order valence-electron chi connectivity index (χ0n) is 13.6. The van der Waals surface area contributed by atoms with Gasteiger partial charge >= 0.3 is 0 Å². The maximum atomic E-state index is 12.5. The van der Waals surface area contributed by atoms with E-state index in [1.165, 1.54) is 12.1 Å². The van der Waals surface area contributed by atoms with Crippen LogP contribution < -0.4 is 0 Å². The van der Waals surface area contributed by atoms with Crippen molar-refractivity contribution in [2.45, 2.75) is 43.7 Å². The van der Waals surface area contributed by atoms with Gasteiger partial charge in [-0.15, -0.1) is 0 Å². The Labute approximate surface area is 142 Å². The van der Waals surface area contributed by atoms with Crippen molar-refractivity contribution in [3.63, 3.8) is 0 Å². The number of hydrogen-bond donors (Lipinski definition) is 0. The normalized spacial score (nSPS) is 21.2. The van der Waals surface area contributed by atoms with Gasteiger partial charge < -0.3 is 9.64 Å². The van der Waals surface area contributed by atoms with Crippen molar-refractivity contribution in [2.75, 3.05) is 18.9 Å². The molecule has 128 valence electrons. The summed E-state index contributed by atoms with van der Waals surface area (Å²) in [4.78, 5) is 14.3. The summed E-state index contributed by atoms with van der Waals surface area (Å²) in [6, 6.07) is 6.10. The van der Waals surface area contributed by atoms with Gasteiger partial charge in [0.05, 0.1) is 28.9 Å². The van der Waals surface area contributed by atoms with E-state index in [-0.39, 0.29) is 29.1 Å². The molecular weight excluding hydrogens is 338 g/mol. The lowest BCUT2D eigenvalue weighted by Gasteiger charge is -2.44. The molecule has 1 aliphatic heterocycles. The van der Waals surface area contributed by atoms with Gasteiger partial charge in [0, 0.05) is 18.0 Å². The summed E-state index contributed by atoms with van der Waals surface area (Å²) in [5.41, 5.74) is -0.427. The fourth-order valence-corrected chi connectivity index (χ4v) is 4.08. The Bertz CT molecular complexity index is 687. The summed E-state index contributed by atoms with van der Waals surface area (Å²) in [5, 5.41) is 0.362. The molecule has 1 aromatic carbocycles. The number of morpholine rings is 1. The lowest BCUT2D eigenvalue weighted by molar-refractivity contribution is -0.152. The summed E-state index contributed by atoms with van der Waals surface area (Å²) in [6.45, 7) is 6.66. The van der Waals surface area contributed by atoms with E-state index < -0.39 is 15.4 Å². The van der Waals surface area contributed by atoms with Crippen molar-refractivity contribution in [1.29, 1.82) is 0 Å². The molecule has 1 aromatic rings. The molecule has 7 heteroatoms. The third kappa shape index (κ3) is 4.46. The molecule has 1 atom stereocenters. The monoisotopic (exact) mass is 359 g/mol. The predicted octanol–water partition coefficient (Wildman–Crippen LogP) is 2.53. The first-order chi connectivity index (χ1) is 10.6. The van der Waals surface area contributed by atoms with Crippen LogP contribution in [0.25, 0.3) is 0 Å². The van der Waals surface area contributed by atoms with E-state index in [0.717, 1.165) is 0 Å². The molecule has 5 nitrogen and oxygen atoms in total. The quantitative estimate of drug-likeness (QED) is 0.828. The molecule has 0 radical (unpaired) electrons. The number of amides is 1. The molecule has 1 aliphatic rings. The van der Waals surface area contributed by atoms with Crippen LogP contribution in [0.3, 0.4) is 0 Å². The van der Waals surface area contributed by atoms with E-state index in [2.05, 4.69) is 0 Å². The summed E-state index contributed by atoms with van der Waals surface area (Å²) in [5.74, 6) is -0.399. The van der Waals surface area contributed by atoms with Gasteiger partial charge in [0.2, 0.25) is 5.91 Å². The van der Waals surface area contributed by atoms with Gasteiger partial charge in [0.1, 0.15) is 0 Å². The molecule has 23 heavy (non-hydrogen) atoms. The van der Waals surface area contributed by atoms with Crippen LogP contribution in [0, 0.1) is 0 Å². The van der Waals surface area contributed by atoms with Crippen LogP contribution in [0.15, 0.2) is 29.2 Å². The molecule has 1 saturated heterocycles. The average molecular weight is 360 g/mol. The number of benzene rings is 1. The Morgan fingerprint density at radius 1 is 1.43 bits per heavy atom. The van der Waals surface area contributed by atoms with Crippen molar-refractivity contribution in [1.82, 2.24) is 4.90 Å². The molecule has 1 unspecified atom stereocenters. The van der Waals surface area contributed by atoms with E-state index in [1.54, 1.807) is 17.0 Å². The Kier molecular flexibility index (Phi) is 5.38. The first-order valence-corrected chi connectivity index (χ1v) is 9.55. The standard InChI is InChI=1S/C16H22ClNO4S/c1-12-10-18(16(2,3)11-22-12)15(19)7-8-23(20,21)14-6-4-5-13(17)9-14/h4-6,9,12H,7-8,10-11H2,1-3H3. The number of ether oxygens (including phenoxy) is 1. The van der Waals surface area contributed by atoms with E-state index >= 15 is 0 Å². The molecule has 0 bridgehead atoms. The maximum absolute atomic E-state index is 12.5. The van der Waals surface area contributed by atoms with Crippen LogP contribution in [0.2, 0.25) is 5.02 Å². The Morgan fingerprint density at radius 3 is 2.78 bits per heavy atom. The minimum absolute atomic E-state index is 0.0449. The SMILES string of the molecule is CC1CN(C(=O)CCS(=O)(=O)c2cccc(Cl)c2)C(C)(C)CO1. The van der Waals surface area contributed by atoms with Gasteiger partial charge in [-0.25, -0.2) is 8.42 Å². The highest BCUT2D eigenvalue weighted by atomic mass is 35.5. The van der Waals surface area contributed by atoms with Crippen LogP contribution >= 0.6 is 11.6 Å². The van der Waals surface area contributed by atoms with Crippen molar-refractivity contribution in [3.05, 3.63) is 29.3 Å². The topological polar surface area (TPSA) is 63.7 Å². The lowest BCUT2D eigenvalue weighted by atomic mass is 10.0. The van der Waals surface area contributed by atoms with Gasteiger partial charge in [-0.1, -0.05) is 17.7 Å². The van der Waals surface area contributed by atoms with Crippen molar-refractivity contribution in [3.8, 4) is 0 Å². The van der Waals surface area contributed by atoms with Gasteiger partial charge in [-0.05, 0) is 39.0 Å². The average Bonchev–Trinajstić information content (AvgIpc) is 2.47. The van der Waals surface area contributed by atoms with Crippen molar-refractivity contribution >= 4 is 27.3 Å². The predicted molar refractivity (Wildman–Crippen MR) is 89.3 cm³/mol. The number of rotatable bonds is 4. The van der Waals surface area contributed by atoms with E-state index in [4.69, 9.17) is 16.3 Å². The molecule has 0 N–H and O–H groups in total. The Balaban J connectivity index is 2.06. The lowest BCUT2D eigenvalue weighted by Crippen LogP contribution is -2.58. The molecular formula is C16H22ClNO4S. The fraction of sp³-hybridized carbons (Fsp3) is 0.562. The van der Waals surface area contributed by atoms with Crippen LogP contribution in [0.1, 0.15) is 27.2 Å². The number of nitrogens with zero attached hydrogens (tertiary/aromatic N) is 1. The van der Waals surface area contributed by atoms with Crippen LogP contribution in [0.5, 0.6) is 0 Å². The second-order valence-corrected chi connectivity index (χ2v) is 9.01.